The lowest BCUT2D eigenvalue weighted by molar-refractivity contribution is -0.193. The smallest absolute Gasteiger partial charge is 0.268 e. The summed E-state index contributed by atoms with van der Waals surface area (Å²) in [5.41, 5.74) is 2.62. The van der Waals surface area contributed by atoms with Crippen molar-refractivity contribution >= 4 is 17.7 Å². The molecule has 13 heteroatoms. The number of hydrogen-bond acceptors (Lipinski definition) is 10. The number of ether oxygens (including phenoxy) is 1. The van der Waals surface area contributed by atoms with Gasteiger partial charge in [-0.3, -0.25) is 24.1 Å². The summed E-state index contributed by atoms with van der Waals surface area (Å²) in [5.74, 6) is 0.630. The predicted molar refractivity (Wildman–Crippen MR) is 185 cm³/mol. The minimum atomic E-state index is -0.850. The molecule has 15 atom stereocenters. The Bertz CT molecular complexity index is 1230. The van der Waals surface area contributed by atoms with Crippen LogP contribution in [0, 0.1) is 52.8 Å². The van der Waals surface area contributed by atoms with E-state index in [1.807, 2.05) is 0 Å². The number of carbonyl (C=O) groups excluding carboxylic acids is 3. The summed E-state index contributed by atoms with van der Waals surface area (Å²) in [5, 5.41) is 29.3. The molecule has 0 aromatic carbocycles. The van der Waals surface area contributed by atoms with Gasteiger partial charge in [0.2, 0.25) is 11.8 Å². The number of hydroxylamine groups is 3. The molecule has 0 aromatic heterocycles. The third-order valence-electron chi connectivity index (χ3n) is 14.2. The second-order valence-corrected chi connectivity index (χ2v) is 17.4. The van der Waals surface area contributed by atoms with E-state index in [-0.39, 0.29) is 72.8 Å². The monoisotopic (exact) mass is 705 g/mol. The van der Waals surface area contributed by atoms with E-state index in [1.165, 1.54) is 6.42 Å². The number of nitrogens with zero attached hydrogens (tertiary/aromatic N) is 2. The van der Waals surface area contributed by atoms with Crippen LogP contribution in [0.5, 0.6) is 0 Å². The fourth-order valence-electron chi connectivity index (χ4n) is 11.2. The highest BCUT2D eigenvalue weighted by molar-refractivity contribution is 5.89. The van der Waals surface area contributed by atoms with Crippen LogP contribution in [0.3, 0.4) is 0 Å². The molecule has 0 spiro atoms. The van der Waals surface area contributed by atoms with Crippen LogP contribution in [0.15, 0.2) is 0 Å². The van der Waals surface area contributed by atoms with Crippen LogP contribution >= 0.6 is 0 Å². The van der Waals surface area contributed by atoms with Crippen LogP contribution in [0.2, 0.25) is 0 Å². The molecule has 7 unspecified atom stereocenters. The molecule has 7 aliphatic rings. The summed E-state index contributed by atoms with van der Waals surface area (Å²) < 4.78 is 6.32. The first-order valence-electron chi connectivity index (χ1n) is 19.2. The van der Waals surface area contributed by atoms with E-state index in [1.54, 1.807) is 19.1 Å². The van der Waals surface area contributed by atoms with Gasteiger partial charge in [-0.15, -0.1) is 0 Å². The first-order valence-corrected chi connectivity index (χ1v) is 19.2. The number of rotatable bonds is 11. The van der Waals surface area contributed by atoms with Crippen molar-refractivity contribution in [2.75, 3.05) is 41.0 Å². The van der Waals surface area contributed by atoms with Gasteiger partial charge in [-0.05, 0) is 101 Å². The van der Waals surface area contributed by atoms with Gasteiger partial charge in [-0.1, -0.05) is 27.2 Å². The first kappa shape index (κ1) is 37.9. The fourth-order valence-corrected chi connectivity index (χ4v) is 11.2. The normalized spacial score (nSPS) is 43.6. The summed E-state index contributed by atoms with van der Waals surface area (Å²) in [6, 6.07) is -1.13. The zero-order valence-corrected chi connectivity index (χ0v) is 31.2. The standard InChI is InChI=1S/C37H63N5O8/c1-19-27-14-24(37(27,3)4)15-28(19)38-36(47)32-31(20(2)44)30(17-43)50-42(32)16-21-9-8-10-26(33(21)48-7)22-11-23(13-25(12-22)41(5)6)34(45)39-29-18-49-40-35(29)46/h19-33,43-44H,8-18H2,1-7H3,(H,38,47)(H,39,45)(H,40,46)/t19-,20-,21?,22?,23?,24?,25?,26?,27-,28-,29+,30-,31-,32-,33?/m0/s1. The van der Waals surface area contributed by atoms with Crippen molar-refractivity contribution in [1.82, 2.24) is 26.1 Å². The van der Waals surface area contributed by atoms with Crippen LogP contribution in [0.25, 0.3) is 0 Å². The highest BCUT2D eigenvalue weighted by Gasteiger charge is 2.58. The second-order valence-electron chi connectivity index (χ2n) is 17.4. The lowest BCUT2D eigenvalue weighted by atomic mass is 9.45. The Labute approximate surface area is 297 Å². The molecule has 3 amide bonds. The minimum absolute atomic E-state index is 0.0505. The number of carbonyl (C=O) groups is 3. The van der Waals surface area contributed by atoms with Crippen LogP contribution < -0.4 is 16.1 Å². The molecular weight excluding hydrogens is 642 g/mol. The molecule has 5 aliphatic carbocycles. The molecule has 5 saturated carbocycles. The average molecular weight is 706 g/mol. The molecule has 284 valence electrons. The lowest BCUT2D eigenvalue weighted by Gasteiger charge is -2.62. The van der Waals surface area contributed by atoms with Crippen molar-refractivity contribution in [3.05, 3.63) is 0 Å². The molecule has 2 saturated heterocycles. The second kappa shape index (κ2) is 15.2. The van der Waals surface area contributed by atoms with Crippen molar-refractivity contribution < 1.29 is 39.0 Å². The van der Waals surface area contributed by atoms with Crippen LogP contribution in [-0.2, 0) is 28.8 Å². The van der Waals surface area contributed by atoms with Gasteiger partial charge >= 0.3 is 0 Å². The molecule has 0 radical (unpaired) electrons. The topological polar surface area (TPSA) is 162 Å². The van der Waals surface area contributed by atoms with E-state index in [2.05, 4.69) is 55.9 Å². The number of aliphatic hydroxyl groups excluding tert-OH is 2. The van der Waals surface area contributed by atoms with Crippen molar-refractivity contribution in [1.29, 1.82) is 0 Å². The highest BCUT2D eigenvalue weighted by atomic mass is 16.7. The minimum Gasteiger partial charge on any atom is -0.394 e. The third-order valence-corrected chi connectivity index (χ3v) is 14.2. The summed E-state index contributed by atoms with van der Waals surface area (Å²) >= 11 is 0. The molecule has 2 heterocycles. The Morgan fingerprint density at radius 3 is 2.48 bits per heavy atom. The van der Waals surface area contributed by atoms with Crippen molar-refractivity contribution in [2.45, 2.75) is 122 Å². The number of nitrogens with one attached hydrogen (secondary N) is 3. The van der Waals surface area contributed by atoms with E-state index in [4.69, 9.17) is 14.4 Å². The first-order chi connectivity index (χ1) is 23.7. The van der Waals surface area contributed by atoms with E-state index in [0.717, 1.165) is 38.5 Å². The molecule has 50 heavy (non-hydrogen) atoms. The Hall–Kier alpha value is -1.87. The zero-order valence-electron chi connectivity index (χ0n) is 31.2. The molecule has 7 fully saturated rings. The van der Waals surface area contributed by atoms with Gasteiger partial charge in [0.25, 0.3) is 5.91 Å². The zero-order chi connectivity index (χ0) is 36.1. The van der Waals surface area contributed by atoms with Gasteiger partial charge in [0.05, 0.1) is 18.8 Å². The molecule has 5 N–H and O–H groups in total. The van der Waals surface area contributed by atoms with E-state index in [9.17, 15) is 24.6 Å². The van der Waals surface area contributed by atoms with Gasteiger partial charge in [0, 0.05) is 43.5 Å². The highest BCUT2D eigenvalue weighted by Crippen LogP contribution is 2.61. The van der Waals surface area contributed by atoms with E-state index < -0.39 is 30.2 Å². The number of amides is 3. The quantitative estimate of drug-likeness (QED) is 0.213. The van der Waals surface area contributed by atoms with Gasteiger partial charge < -0.3 is 30.5 Å². The number of methoxy groups -OCH3 is 1. The Balaban J connectivity index is 1.17. The van der Waals surface area contributed by atoms with Gasteiger partial charge in [0.15, 0.2) is 0 Å². The Morgan fingerprint density at radius 1 is 1.12 bits per heavy atom. The molecule has 2 aliphatic heterocycles. The Morgan fingerprint density at radius 2 is 1.88 bits per heavy atom. The maximum Gasteiger partial charge on any atom is 0.268 e. The summed E-state index contributed by atoms with van der Waals surface area (Å²) in [4.78, 5) is 53.4. The molecule has 0 aromatic rings. The fraction of sp³-hybridized carbons (Fsp3) is 0.919. The van der Waals surface area contributed by atoms with E-state index in [0.29, 0.717) is 36.1 Å². The summed E-state index contributed by atoms with van der Waals surface area (Å²) in [6.07, 6.45) is 5.76. The lowest BCUT2D eigenvalue weighted by Crippen LogP contribution is -2.62. The van der Waals surface area contributed by atoms with Crippen molar-refractivity contribution in [3.63, 3.8) is 0 Å². The van der Waals surface area contributed by atoms with E-state index >= 15 is 0 Å². The maximum atomic E-state index is 14.2. The molecule has 13 nitrogen and oxygen atoms in total. The third kappa shape index (κ3) is 7.21. The van der Waals surface area contributed by atoms with Crippen LogP contribution in [0.1, 0.15) is 79.1 Å². The SMILES string of the molecule is COC1C(CN2O[C@@H](CO)[C@H]([C@H](C)O)[C@H]2C(=O)N[C@H]2CC3C[C@@H]([C@@H]2C)C3(C)C)CCCC1C1CC(C(=O)N[C@@H]2CONC2=O)CC(N(C)C)C1. The summed E-state index contributed by atoms with van der Waals surface area (Å²) in [7, 11) is 5.87. The molecule has 2 bridgehead atoms. The average Bonchev–Trinajstić information content (AvgIpc) is 3.67. The van der Waals surface area contributed by atoms with Crippen LogP contribution in [-0.4, -0.2) is 121 Å². The van der Waals surface area contributed by atoms with Gasteiger partial charge in [0.1, 0.15) is 24.8 Å². The molecule has 7 rings (SSSR count). The Kier molecular flexibility index (Phi) is 11.5. The number of aliphatic hydroxyl groups is 2. The number of fused-ring (bicyclic) bond motifs is 2. The summed E-state index contributed by atoms with van der Waals surface area (Å²) in [6.45, 7) is 8.90. The number of hydrogen-bond donors (Lipinski definition) is 5. The molecular formula is C37H63N5O8. The van der Waals surface area contributed by atoms with Crippen LogP contribution in [0.4, 0.5) is 0 Å². The van der Waals surface area contributed by atoms with Gasteiger partial charge in [-0.2, -0.15) is 5.06 Å². The van der Waals surface area contributed by atoms with Crippen molar-refractivity contribution in [3.8, 4) is 0 Å². The van der Waals surface area contributed by atoms with Crippen molar-refractivity contribution in [2.24, 2.45) is 52.8 Å². The largest absolute Gasteiger partial charge is 0.394 e. The maximum absolute atomic E-state index is 14.2. The van der Waals surface area contributed by atoms with Gasteiger partial charge in [-0.25, -0.2) is 5.48 Å². The predicted octanol–water partition coefficient (Wildman–Crippen LogP) is 1.47.